The number of aliphatic imine (C=N–C) groups is 1. The number of thioether (sulfide) groups is 1. The number of nitrogens with zero attached hydrogens (tertiary/aromatic N) is 1. The van der Waals surface area contributed by atoms with Gasteiger partial charge < -0.3 is 0 Å². The van der Waals surface area contributed by atoms with Crippen molar-refractivity contribution in [1.29, 1.82) is 0 Å². The molecule has 0 heterocycles. The van der Waals surface area contributed by atoms with Crippen LogP contribution in [0.5, 0.6) is 0 Å². The Hall–Kier alpha value is -1.63. The molecule has 0 amide bonds. The third-order valence-electron chi connectivity index (χ3n) is 2.68. The minimum Gasteiger partial charge on any atom is -0.292 e. The van der Waals surface area contributed by atoms with Crippen LogP contribution in [0.25, 0.3) is 0 Å². The number of rotatable bonds is 6. The highest BCUT2D eigenvalue weighted by Gasteiger charge is 2.05. The second kappa shape index (κ2) is 7.40. The minimum absolute atomic E-state index is 0.110. The summed E-state index contributed by atoms with van der Waals surface area (Å²) in [5, 5.41) is 5.04. The van der Waals surface area contributed by atoms with Crippen molar-refractivity contribution in [3.05, 3.63) is 60.2 Å². The van der Waals surface area contributed by atoms with Crippen molar-refractivity contribution in [3.63, 3.8) is 0 Å². The second-order valence-electron chi connectivity index (χ2n) is 4.31. The first-order valence-corrected chi connectivity index (χ1v) is 8.89. The lowest BCUT2D eigenvalue weighted by atomic mass is 10.2. The first-order chi connectivity index (χ1) is 10.1. The Morgan fingerprint density at radius 3 is 2.33 bits per heavy atom. The SMILES string of the molecule is NS(=O)(=O)c1ccc(C=NCCSc2ccccc2)cc1. The molecule has 0 fully saturated rings. The summed E-state index contributed by atoms with van der Waals surface area (Å²) in [7, 11) is -3.63. The van der Waals surface area contributed by atoms with Gasteiger partial charge in [-0.1, -0.05) is 30.3 Å². The average molecular weight is 320 g/mol. The summed E-state index contributed by atoms with van der Waals surface area (Å²) in [6.07, 6.45) is 1.73. The van der Waals surface area contributed by atoms with Crippen molar-refractivity contribution in [2.45, 2.75) is 9.79 Å². The number of hydrogen-bond acceptors (Lipinski definition) is 4. The molecule has 0 aliphatic carbocycles. The van der Waals surface area contributed by atoms with E-state index in [0.29, 0.717) is 6.54 Å². The van der Waals surface area contributed by atoms with Crippen LogP contribution in [0.3, 0.4) is 0 Å². The maximum atomic E-state index is 11.1. The largest absolute Gasteiger partial charge is 0.292 e. The summed E-state index contributed by atoms with van der Waals surface area (Å²) in [6, 6.07) is 16.5. The smallest absolute Gasteiger partial charge is 0.238 e. The molecule has 2 aromatic rings. The topological polar surface area (TPSA) is 72.5 Å². The van der Waals surface area contributed by atoms with Crippen LogP contribution < -0.4 is 5.14 Å². The Morgan fingerprint density at radius 2 is 1.71 bits per heavy atom. The van der Waals surface area contributed by atoms with Crippen molar-refractivity contribution in [2.75, 3.05) is 12.3 Å². The highest BCUT2D eigenvalue weighted by atomic mass is 32.2. The molecule has 2 N–H and O–H groups in total. The molecule has 0 atom stereocenters. The van der Waals surface area contributed by atoms with Gasteiger partial charge in [-0.3, -0.25) is 4.99 Å². The Bertz CT molecular complexity index is 696. The fourth-order valence-corrected chi connectivity index (χ4v) is 2.94. The molecule has 6 heteroatoms. The molecule has 4 nitrogen and oxygen atoms in total. The van der Waals surface area contributed by atoms with Crippen LogP contribution in [-0.4, -0.2) is 26.9 Å². The normalized spacial score (nSPS) is 11.9. The van der Waals surface area contributed by atoms with Crippen LogP contribution in [0, 0.1) is 0 Å². The van der Waals surface area contributed by atoms with Gasteiger partial charge in [0.25, 0.3) is 0 Å². The summed E-state index contributed by atoms with van der Waals surface area (Å²) >= 11 is 1.75. The lowest BCUT2D eigenvalue weighted by molar-refractivity contribution is 0.598. The lowest BCUT2D eigenvalue weighted by Gasteiger charge is -1.99. The van der Waals surface area contributed by atoms with Crippen LogP contribution in [0.15, 0.2) is 69.4 Å². The van der Waals surface area contributed by atoms with Crippen LogP contribution in [-0.2, 0) is 10.0 Å². The Morgan fingerprint density at radius 1 is 1.05 bits per heavy atom. The van der Waals surface area contributed by atoms with Gasteiger partial charge in [-0.25, -0.2) is 13.6 Å². The summed E-state index contributed by atoms with van der Waals surface area (Å²) in [5.41, 5.74) is 0.854. The van der Waals surface area contributed by atoms with Gasteiger partial charge in [-0.2, -0.15) is 0 Å². The molecule has 0 spiro atoms. The Balaban J connectivity index is 1.82. The van der Waals surface area contributed by atoms with Crippen molar-refractivity contribution in [3.8, 4) is 0 Å². The van der Waals surface area contributed by atoms with Crippen molar-refractivity contribution >= 4 is 28.0 Å². The molecule has 0 aliphatic rings. The maximum absolute atomic E-state index is 11.1. The van der Waals surface area contributed by atoms with Crippen LogP contribution in [0.1, 0.15) is 5.56 Å². The molecule has 0 saturated heterocycles. The number of hydrogen-bond donors (Lipinski definition) is 1. The third kappa shape index (κ3) is 5.34. The van der Waals surface area contributed by atoms with E-state index in [1.165, 1.54) is 17.0 Å². The quantitative estimate of drug-likeness (QED) is 0.505. The molecule has 2 aromatic carbocycles. The zero-order chi connectivity index (χ0) is 15.1. The molecular weight excluding hydrogens is 304 g/mol. The van der Waals surface area contributed by atoms with E-state index in [1.54, 1.807) is 30.1 Å². The molecule has 21 heavy (non-hydrogen) atoms. The molecule has 2 rings (SSSR count). The van der Waals surface area contributed by atoms with E-state index in [2.05, 4.69) is 17.1 Å². The molecule has 0 saturated carbocycles. The number of sulfonamides is 1. The standard InChI is InChI=1S/C15H16N2O2S2/c16-21(18,19)15-8-6-13(7-9-15)12-17-10-11-20-14-4-2-1-3-5-14/h1-9,12H,10-11H2,(H2,16,18,19). The van der Waals surface area contributed by atoms with E-state index in [0.717, 1.165) is 11.3 Å². The maximum Gasteiger partial charge on any atom is 0.238 e. The molecule has 0 radical (unpaired) electrons. The van der Waals surface area contributed by atoms with Gasteiger partial charge in [-0.15, -0.1) is 11.8 Å². The van der Waals surface area contributed by atoms with Gasteiger partial charge >= 0.3 is 0 Å². The van der Waals surface area contributed by atoms with Gasteiger partial charge in [0, 0.05) is 23.4 Å². The monoisotopic (exact) mass is 320 g/mol. The lowest BCUT2D eigenvalue weighted by Crippen LogP contribution is -2.11. The van der Waals surface area contributed by atoms with Gasteiger partial charge in [-0.05, 0) is 29.8 Å². The predicted octanol–water partition coefficient (Wildman–Crippen LogP) is 2.55. The van der Waals surface area contributed by atoms with Gasteiger partial charge in [0.15, 0.2) is 0 Å². The number of benzene rings is 2. The van der Waals surface area contributed by atoms with E-state index < -0.39 is 10.0 Å². The van der Waals surface area contributed by atoms with Crippen molar-refractivity contribution in [2.24, 2.45) is 10.1 Å². The molecule has 0 unspecified atom stereocenters. The van der Waals surface area contributed by atoms with Crippen LogP contribution in [0.2, 0.25) is 0 Å². The van der Waals surface area contributed by atoms with Gasteiger partial charge in [0.1, 0.15) is 0 Å². The molecule has 0 bridgehead atoms. The average Bonchev–Trinajstić information content (AvgIpc) is 2.47. The van der Waals surface area contributed by atoms with E-state index in [9.17, 15) is 8.42 Å². The summed E-state index contributed by atoms with van der Waals surface area (Å²) in [6.45, 7) is 0.705. The minimum atomic E-state index is -3.63. The molecule has 0 aliphatic heterocycles. The van der Waals surface area contributed by atoms with Crippen LogP contribution in [0.4, 0.5) is 0 Å². The fourth-order valence-electron chi connectivity index (χ4n) is 1.65. The van der Waals surface area contributed by atoms with Crippen molar-refractivity contribution < 1.29 is 8.42 Å². The summed E-state index contributed by atoms with van der Waals surface area (Å²) in [4.78, 5) is 5.66. The zero-order valence-electron chi connectivity index (χ0n) is 11.3. The summed E-state index contributed by atoms with van der Waals surface area (Å²) in [5.74, 6) is 0.899. The van der Waals surface area contributed by atoms with E-state index >= 15 is 0 Å². The van der Waals surface area contributed by atoms with Gasteiger partial charge in [0.2, 0.25) is 10.0 Å². The molecular formula is C15H16N2O2S2. The van der Waals surface area contributed by atoms with Gasteiger partial charge in [0.05, 0.1) is 4.90 Å². The summed E-state index contributed by atoms with van der Waals surface area (Å²) < 4.78 is 22.2. The molecule has 110 valence electrons. The fraction of sp³-hybridized carbons (Fsp3) is 0.133. The molecule has 0 aromatic heterocycles. The Kier molecular flexibility index (Phi) is 5.55. The van der Waals surface area contributed by atoms with E-state index in [4.69, 9.17) is 5.14 Å². The third-order valence-corrected chi connectivity index (χ3v) is 4.60. The van der Waals surface area contributed by atoms with E-state index in [1.807, 2.05) is 18.2 Å². The highest BCUT2D eigenvalue weighted by molar-refractivity contribution is 7.99. The number of primary sulfonamides is 1. The van der Waals surface area contributed by atoms with Crippen molar-refractivity contribution in [1.82, 2.24) is 0 Å². The van der Waals surface area contributed by atoms with Crippen LogP contribution >= 0.6 is 11.8 Å². The first kappa shape index (κ1) is 15.8. The number of nitrogens with two attached hydrogens (primary N) is 1. The first-order valence-electron chi connectivity index (χ1n) is 6.36. The highest BCUT2D eigenvalue weighted by Crippen LogP contribution is 2.16. The predicted molar refractivity (Wildman–Crippen MR) is 87.4 cm³/mol. The zero-order valence-corrected chi connectivity index (χ0v) is 13.0. The second-order valence-corrected chi connectivity index (χ2v) is 7.04. The Labute approximate surface area is 129 Å². The van der Waals surface area contributed by atoms with E-state index in [-0.39, 0.29) is 4.90 Å².